The summed E-state index contributed by atoms with van der Waals surface area (Å²) in [5.41, 5.74) is 4.43. The lowest BCUT2D eigenvalue weighted by atomic mass is 10.00. The van der Waals surface area contributed by atoms with E-state index in [2.05, 4.69) is 29.2 Å². The zero-order valence-corrected chi connectivity index (χ0v) is 9.59. The summed E-state index contributed by atoms with van der Waals surface area (Å²) in [5.74, 6) is 0.481. The molecule has 78 valence electrons. The van der Waals surface area contributed by atoms with Crippen molar-refractivity contribution >= 4 is 11.6 Å². The molecule has 2 aromatic rings. The van der Waals surface area contributed by atoms with Gasteiger partial charge in [0.25, 0.3) is 11.2 Å². The van der Waals surface area contributed by atoms with Crippen LogP contribution in [0.5, 0.6) is 0 Å². The zero-order valence-electron chi connectivity index (χ0n) is 8.84. The summed E-state index contributed by atoms with van der Waals surface area (Å²) in [6.07, 6.45) is 0. The van der Waals surface area contributed by atoms with E-state index < -0.39 is 0 Å². The minimum atomic E-state index is 0.143. The highest BCUT2D eigenvalue weighted by Crippen LogP contribution is 2.27. The Morgan fingerprint density at radius 2 is 1.73 bits per heavy atom. The fraction of sp³-hybridized carbons (Fsp3) is 0.273. The van der Waals surface area contributed by atoms with Crippen LogP contribution < -0.4 is 0 Å². The molecule has 4 heteroatoms. The van der Waals surface area contributed by atoms with E-state index >= 15 is 0 Å². The van der Waals surface area contributed by atoms with Crippen LogP contribution in [0, 0.1) is 20.8 Å². The molecule has 0 spiro atoms. The third-order valence-corrected chi connectivity index (χ3v) is 2.45. The Balaban J connectivity index is 2.62. The molecule has 0 aliphatic rings. The lowest BCUT2D eigenvalue weighted by Crippen LogP contribution is -1.89. The summed E-state index contributed by atoms with van der Waals surface area (Å²) in [5, 5.41) is 3.72. The Morgan fingerprint density at radius 1 is 1.13 bits per heavy atom. The Hall–Kier alpha value is -1.35. The van der Waals surface area contributed by atoms with Crippen molar-refractivity contribution in [1.82, 2.24) is 10.1 Å². The average Bonchev–Trinajstić information content (AvgIpc) is 2.49. The van der Waals surface area contributed by atoms with E-state index in [4.69, 9.17) is 16.1 Å². The molecule has 1 aromatic heterocycles. The number of hydrogen-bond acceptors (Lipinski definition) is 3. The van der Waals surface area contributed by atoms with E-state index in [-0.39, 0.29) is 5.28 Å². The van der Waals surface area contributed by atoms with Gasteiger partial charge in [0, 0.05) is 5.56 Å². The van der Waals surface area contributed by atoms with E-state index in [1.165, 1.54) is 5.56 Å². The van der Waals surface area contributed by atoms with E-state index in [0.29, 0.717) is 5.89 Å². The normalized spacial score (nSPS) is 10.7. The summed E-state index contributed by atoms with van der Waals surface area (Å²) < 4.78 is 5.06. The van der Waals surface area contributed by atoms with Crippen molar-refractivity contribution < 1.29 is 4.52 Å². The van der Waals surface area contributed by atoms with Gasteiger partial charge in [0.15, 0.2) is 0 Å². The SMILES string of the molecule is Cc1cc(C)c(-c2nc(Cl)no2)c(C)c1. The Kier molecular flexibility index (Phi) is 2.49. The Morgan fingerprint density at radius 3 is 2.20 bits per heavy atom. The van der Waals surface area contributed by atoms with Crippen molar-refractivity contribution in [2.24, 2.45) is 0 Å². The van der Waals surface area contributed by atoms with Gasteiger partial charge in [0.2, 0.25) is 0 Å². The van der Waals surface area contributed by atoms with Crippen LogP contribution in [0.2, 0.25) is 5.28 Å². The maximum atomic E-state index is 5.63. The molecule has 15 heavy (non-hydrogen) atoms. The van der Waals surface area contributed by atoms with Gasteiger partial charge in [0.1, 0.15) is 0 Å². The zero-order chi connectivity index (χ0) is 11.0. The molecule has 0 saturated carbocycles. The van der Waals surface area contributed by atoms with E-state index in [1.807, 2.05) is 13.8 Å². The summed E-state index contributed by atoms with van der Waals surface area (Å²) in [6, 6.07) is 4.17. The van der Waals surface area contributed by atoms with E-state index in [1.54, 1.807) is 0 Å². The van der Waals surface area contributed by atoms with Crippen LogP contribution in [-0.2, 0) is 0 Å². The van der Waals surface area contributed by atoms with Gasteiger partial charge < -0.3 is 4.52 Å². The van der Waals surface area contributed by atoms with Crippen LogP contribution in [0.15, 0.2) is 16.7 Å². The van der Waals surface area contributed by atoms with Gasteiger partial charge in [0.05, 0.1) is 0 Å². The molecule has 0 N–H and O–H groups in total. The molecule has 0 bridgehead atoms. The van der Waals surface area contributed by atoms with Gasteiger partial charge in [-0.25, -0.2) is 0 Å². The lowest BCUT2D eigenvalue weighted by molar-refractivity contribution is 0.430. The van der Waals surface area contributed by atoms with Gasteiger partial charge in [-0.05, 0) is 48.7 Å². The predicted octanol–water partition coefficient (Wildman–Crippen LogP) is 3.32. The second-order valence-corrected chi connectivity index (χ2v) is 3.98. The molecular weight excluding hydrogens is 212 g/mol. The fourth-order valence-electron chi connectivity index (χ4n) is 1.82. The van der Waals surface area contributed by atoms with Crippen molar-refractivity contribution in [2.75, 3.05) is 0 Å². The number of aryl methyl sites for hydroxylation is 3. The topological polar surface area (TPSA) is 38.9 Å². The van der Waals surface area contributed by atoms with Crippen molar-refractivity contribution in [1.29, 1.82) is 0 Å². The average molecular weight is 223 g/mol. The molecule has 0 radical (unpaired) electrons. The molecule has 0 amide bonds. The highest BCUT2D eigenvalue weighted by Gasteiger charge is 2.13. The van der Waals surface area contributed by atoms with Crippen molar-refractivity contribution in [3.8, 4) is 11.5 Å². The number of halogens is 1. The Bertz CT molecular complexity index is 482. The number of benzene rings is 1. The van der Waals surface area contributed by atoms with Crippen LogP contribution in [0.25, 0.3) is 11.5 Å². The van der Waals surface area contributed by atoms with Crippen LogP contribution in [-0.4, -0.2) is 10.1 Å². The number of aromatic nitrogens is 2. The summed E-state index contributed by atoms with van der Waals surface area (Å²) in [7, 11) is 0. The molecule has 0 saturated heterocycles. The molecule has 1 heterocycles. The van der Waals surface area contributed by atoms with Gasteiger partial charge in [-0.1, -0.05) is 17.7 Å². The maximum absolute atomic E-state index is 5.63. The molecule has 2 rings (SSSR count). The minimum absolute atomic E-state index is 0.143. The molecule has 0 fully saturated rings. The van der Waals surface area contributed by atoms with Gasteiger partial charge >= 0.3 is 0 Å². The molecule has 0 unspecified atom stereocenters. The molecule has 1 aromatic carbocycles. The van der Waals surface area contributed by atoms with Crippen molar-refractivity contribution in [3.05, 3.63) is 34.1 Å². The summed E-state index contributed by atoms with van der Waals surface area (Å²) in [6.45, 7) is 6.10. The third kappa shape index (κ3) is 1.88. The van der Waals surface area contributed by atoms with Crippen molar-refractivity contribution in [3.63, 3.8) is 0 Å². The van der Waals surface area contributed by atoms with Crippen LogP contribution in [0.1, 0.15) is 16.7 Å². The molecule has 0 atom stereocenters. The number of rotatable bonds is 1. The number of hydrogen-bond donors (Lipinski definition) is 0. The lowest BCUT2D eigenvalue weighted by Gasteiger charge is -2.06. The third-order valence-electron chi connectivity index (χ3n) is 2.29. The quantitative estimate of drug-likeness (QED) is 0.743. The van der Waals surface area contributed by atoms with E-state index in [0.717, 1.165) is 16.7 Å². The first-order chi connectivity index (χ1) is 7.08. The van der Waals surface area contributed by atoms with Gasteiger partial charge in [-0.15, -0.1) is 0 Å². The largest absolute Gasteiger partial charge is 0.333 e. The van der Waals surface area contributed by atoms with Crippen LogP contribution in [0.3, 0.4) is 0 Å². The van der Waals surface area contributed by atoms with Gasteiger partial charge in [-0.3, -0.25) is 0 Å². The predicted molar refractivity (Wildman–Crippen MR) is 59.0 cm³/mol. The fourth-order valence-corrected chi connectivity index (χ4v) is 1.94. The molecular formula is C11H11ClN2O. The summed E-state index contributed by atoms with van der Waals surface area (Å²) >= 11 is 5.63. The smallest absolute Gasteiger partial charge is 0.264 e. The second-order valence-electron chi connectivity index (χ2n) is 3.64. The first-order valence-corrected chi connectivity index (χ1v) is 5.03. The maximum Gasteiger partial charge on any atom is 0.264 e. The highest BCUT2D eigenvalue weighted by molar-refractivity contribution is 6.28. The first-order valence-electron chi connectivity index (χ1n) is 4.65. The standard InChI is InChI=1S/C11H11ClN2O/c1-6-4-7(2)9(8(3)5-6)10-13-11(12)14-15-10/h4-5H,1-3H3. The van der Waals surface area contributed by atoms with Gasteiger partial charge in [-0.2, -0.15) is 4.98 Å². The van der Waals surface area contributed by atoms with E-state index in [9.17, 15) is 0 Å². The minimum Gasteiger partial charge on any atom is -0.333 e. The van der Waals surface area contributed by atoms with Crippen LogP contribution in [0.4, 0.5) is 0 Å². The molecule has 0 aliphatic carbocycles. The van der Waals surface area contributed by atoms with Crippen molar-refractivity contribution in [2.45, 2.75) is 20.8 Å². The molecule has 0 aliphatic heterocycles. The first kappa shape index (κ1) is 10.2. The Labute approximate surface area is 93.1 Å². The number of nitrogens with zero attached hydrogens (tertiary/aromatic N) is 2. The molecule has 3 nitrogen and oxygen atoms in total. The highest BCUT2D eigenvalue weighted by atomic mass is 35.5. The second kappa shape index (κ2) is 3.66. The van der Waals surface area contributed by atoms with Crippen LogP contribution >= 0.6 is 11.6 Å². The summed E-state index contributed by atoms with van der Waals surface area (Å²) in [4.78, 5) is 4.02. The monoisotopic (exact) mass is 222 g/mol.